The summed E-state index contributed by atoms with van der Waals surface area (Å²) in [5, 5.41) is 1.38. The Kier molecular flexibility index (Phi) is 5.65. The highest BCUT2D eigenvalue weighted by Crippen LogP contribution is 2.33. The molecule has 0 unspecified atom stereocenters. The molecular weight excluding hydrogens is 404 g/mol. The Morgan fingerprint density at radius 1 is 1.24 bits per heavy atom. The normalized spacial score (nSPS) is 11.1. The van der Waals surface area contributed by atoms with Crippen LogP contribution >= 0.6 is 22.9 Å². The van der Waals surface area contributed by atoms with Crippen molar-refractivity contribution in [1.82, 2.24) is 14.5 Å². The van der Waals surface area contributed by atoms with Gasteiger partial charge in [-0.1, -0.05) is 40.6 Å². The molecule has 4 aromatic rings. The number of hydrogen-bond donors (Lipinski definition) is 0. The molecule has 29 heavy (non-hydrogen) atoms. The van der Waals surface area contributed by atoms with Gasteiger partial charge in [-0.2, -0.15) is 0 Å². The maximum absolute atomic E-state index is 13.4. The summed E-state index contributed by atoms with van der Waals surface area (Å²) in [6, 6.07) is 11.5. The standard InChI is InChI=1S/C22H21ClN4OS/c1-15-5-3-6-17(11-15)21(28)27(9-4-8-26-10-7-24-14-26)22-25-20-16(2)12-18(23)13-19(20)29-22/h3,5-7,10-14H,4,8-9H2,1-2H3. The first-order chi connectivity index (χ1) is 14.0. The van der Waals surface area contributed by atoms with Crippen LogP contribution in [0.2, 0.25) is 5.02 Å². The van der Waals surface area contributed by atoms with E-state index in [9.17, 15) is 4.79 Å². The third-order valence-electron chi connectivity index (χ3n) is 4.74. The van der Waals surface area contributed by atoms with Gasteiger partial charge in [0.15, 0.2) is 5.13 Å². The van der Waals surface area contributed by atoms with Gasteiger partial charge in [-0.25, -0.2) is 9.97 Å². The lowest BCUT2D eigenvalue weighted by Crippen LogP contribution is -2.32. The molecule has 2 aromatic heterocycles. The van der Waals surface area contributed by atoms with Crippen molar-refractivity contribution in [3.05, 3.63) is 76.8 Å². The first-order valence-corrected chi connectivity index (χ1v) is 10.6. The molecule has 0 N–H and O–H groups in total. The van der Waals surface area contributed by atoms with Crippen LogP contribution in [0.3, 0.4) is 0 Å². The largest absolute Gasteiger partial charge is 0.337 e. The van der Waals surface area contributed by atoms with Crippen LogP contribution in [0, 0.1) is 13.8 Å². The summed E-state index contributed by atoms with van der Waals surface area (Å²) >= 11 is 7.72. The first-order valence-electron chi connectivity index (χ1n) is 9.42. The summed E-state index contributed by atoms with van der Waals surface area (Å²) in [6.07, 6.45) is 6.27. The van der Waals surface area contributed by atoms with E-state index < -0.39 is 0 Å². The lowest BCUT2D eigenvalue weighted by Gasteiger charge is -2.20. The molecule has 0 bridgehead atoms. The topological polar surface area (TPSA) is 51.0 Å². The quantitative estimate of drug-likeness (QED) is 0.410. The monoisotopic (exact) mass is 424 g/mol. The van der Waals surface area contributed by atoms with Crippen LogP contribution in [0.15, 0.2) is 55.1 Å². The Bertz CT molecular complexity index is 1150. The van der Waals surface area contributed by atoms with Crippen LogP contribution in [0.25, 0.3) is 10.2 Å². The number of carbonyl (C=O) groups excluding carboxylic acids is 1. The van der Waals surface area contributed by atoms with E-state index in [4.69, 9.17) is 16.6 Å². The van der Waals surface area contributed by atoms with Crippen molar-refractivity contribution in [1.29, 1.82) is 0 Å². The number of nitrogens with zero attached hydrogens (tertiary/aromatic N) is 4. The average molecular weight is 425 g/mol. The van der Waals surface area contributed by atoms with Crippen LogP contribution in [-0.2, 0) is 6.54 Å². The summed E-state index contributed by atoms with van der Waals surface area (Å²) in [6.45, 7) is 5.33. The molecule has 0 atom stereocenters. The highest BCUT2D eigenvalue weighted by atomic mass is 35.5. The number of benzene rings is 2. The molecule has 0 aliphatic rings. The van der Waals surface area contributed by atoms with Crippen molar-refractivity contribution < 1.29 is 4.79 Å². The summed E-state index contributed by atoms with van der Waals surface area (Å²) < 4.78 is 3.00. The smallest absolute Gasteiger partial charge is 0.260 e. The molecule has 7 heteroatoms. The molecule has 0 aliphatic carbocycles. The minimum atomic E-state index is -0.0397. The highest BCUT2D eigenvalue weighted by Gasteiger charge is 2.22. The van der Waals surface area contributed by atoms with Gasteiger partial charge in [0.2, 0.25) is 0 Å². The Hall–Kier alpha value is -2.70. The number of fused-ring (bicyclic) bond motifs is 1. The molecule has 0 fully saturated rings. The number of rotatable bonds is 6. The van der Waals surface area contributed by atoms with Crippen LogP contribution in [0.5, 0.6) is 0 Å². The molecule has 0 spiro atoms. The number of thiazole rings is 1. The molecule has 148 valence electrons. The van der Waals surface area contributed by atoms with Gasteiger partial charge in [-0.3, -0.25) is 9.69 Å². The second kappa shape index (κ2) is 8.35. The molecule has 2 heterocycles. The van der Waals surface area contributed by atoms with Crippen molar-refractivity contribution in [3.63, 3.8) is 0 Å². The summed E-state index contributed by atoms with van der Waals surface area (Å²) in [5.41, 5.74) is 3.63. The SMILES string of the molecule is Cc1cccc(C(=O)N(CCCn2ccnc2)c2nc3c(C)cc(Cl)cc3s2)c1. The van der Waals surface area contributed by atoms with Crippen LogP contribution in [-0.4, -0.2) is 27.0 Å². The zero-order chi connectivity index (χ0) is 20.4. The zero-order valence-electron chi connectivity index (χ0n) is 16.3. The highest BCUT2D eigenvalue weighted by molar-refractivity contribution is 7.22. The molecule has 2 aromatic carbocycles. The van der Waals surface area contributed by atoms with Crippen molar-refractivity contribution >= 4 is 44.2 Å². The first kappa shape index (κ1) is 19.6. The van der Waals surface area contributed by atoms with E-state index in [1.807, 2.05) is 61.0 Å². The average Bonchev–Trinajstić information content (AvgIpc) is 3.34. The van der Waals surface area contributed by atoms with Gasteiger partial charge in [0, 0.05) is 36.1 Å². The fourth-order valence-electron chi connectivity index (χ4n) is 3.31. The number of carbonyl (C=O) groups is 1. The molecule has 0 radical (unpaired) electrons. The predicted octanol–water partition coefficient (Wildman–Crippen LogP) is 5.50. The predicted molar refractivity (Wildman–Crippen MR) is 119 cm³/mol. The Labute approximate surface area is 178 Å². The van der Waals surface area contributed by atoms with Crippen LogP contribution in [0.4, 0.5) is 5.13 Å². The number of imidazole rings is 1. The van der Waals surface area contributed by atoms with Gasteiger partial charge in [-0.15, -0.1) is 0 Å². The number of aryl methyl sites for hydroxylation is 3. The van der Waals surface area contributed by atoms with Gasteiger partial charge in [0.25, 0.3) is 5.91 Å². The van der Waals surface area contributed by atoms with E-state index in [0.29, 0.717) is 22.3 Å². The summed E-state index contributed by atoms with van der Waals surface area (Å²) in [4.78, 5) is 24.0. The molecule has 0 saturated carbocycles. The molecule has 5 nitrogen and oxygen atoms in total. The lowest BCUT2D eigenvalue weighted by atomic mass is 10.1. The van der Waals surface area contributed by atoms with Gasteiger partial charge in [-0.05, 0) is 50.1 Å². The zero-order valence-corrected chi connectivity index (χ0v) is 17.9. The van der Waals surface area contributed by atoms with Crippen LogP contribution < -0.4 is 4.90 Å². The van der Waals surface area contributed by atoms with Crippen molar-refractivity contribution in [2.24, 2.45) is 0 Å². The number of halogens is 1. The Morgan fingerprint density at radius 3 is 2.86 bits per heavy atom. The summed E-state index contributed by atoms with van der Waals surface area (Å²) in [7, 11) is 0. The third-order valence-corrected chi connectivity index (χ3v) is 5.98. The Morgan fingerprint density at radius 2 is 2.10 bits per heavy atom. The van der Waals surface area contributed by atoms with Crippen molar-refractivity contribution in [3.8, 4) is 0 Å². The van der Waals surface area contributed by atoms with Crippen molar-refractivity contribution in [2.75, 3.05) is 11.4 Å². The number of amides is 1. The maximum atomic E-state index is 13.4. The van der Waals surface area contributed by atoms with Gasteiger partial charge in [0.05, 0.1) is 16.5 Å². The molecule has 0 aliphatic heterocycles. The van der Waals surface area contributed by atoms with Crippen LogP contribution in [0.1, 0.15) is 27.9 Å². The lowest BCUT2D eigenvalue weighted by molar-refractivity contribution is 0.0986. The fourth-order valence-corrected chi connectivity index (χ4v) is 4.75. The minimum Gasteiger partial charge on any atom is -0.337 e. The fraction of sp³-hybridized carbons (Fsp3) is 0.227. The van der Waals surface area contributed by atoms with E-state index in [-0.39, 0.29) is 5.91 Å². The van der Waals surface area contributed by atoms with Crippen molar-refractivity contribution in [2.45, 2.75) is 26.8 Å². The van der Waals surface area contributed by atoms with Gasteiger partial charge < -0.3 is 4.57 Å². The van der Waals surface area contributed by atoms with E-state index in [1.54, 1.807) is 17.4 Å². The molecule has 0 saturated heterocycles. The van der Waals surface area contributed by atoms with E-state index >= 15 is 0 Å². The second-order valence-corrected chi connectivity index (χ2v) is 8.49. The Balaban J connectivity index is 1.67. The third kappa shape index (κ3) is 4.33. The number of anilines is 1. The molecular formula is C22H21ClN4OS. The van der Waals surface area contributed by atoms with E-state index in [2.05, 4.69) is 4.98 Å². The van der Waals surface area contributed by atoms with Gasteiger partial charge in [0.1, 0.15) is 0 Å². The maximum Gasteiger partial charge on any atom is 0.260 e. The van der Waals surface area contributed by atoms with Gasteiger partial charge >= 0.3 is 0 Å². The van der Waals surface area contributed by atoms with E-state index in [1.165, 1.54) is 11.3 Å². The van der Waals surface area contributed by atoms with E-state index in [0.717, 1.165) is 34.3 Å². The minimum absolute atomic E-state index is 0.0397. The summed E-state index contributed by atoms with van der Waals surface area (Å²) in [5.74, 6) is -0.0397. The number of aromatic nitrogens is 3. The molecule has 4 rings (SSSR count). The number of hydrogen-bond acceptors (Lipinski definition) is 4. The molecule has 1 amide bonds. The second-order valence-electron chi connectivity index (χ2n) is 7.05.